The van der Waals surface area contributed by atoms with Gasteiger partial charge in [-0.2, -0.15) is 5.10 Å². The van der Waals surface area contributed by atoms with Crippen LogP contribution in [0.3, 0.4) is 0 Å². The standard InChI is InChI=1S/C15H20N4O2/c1-19(2)7-6-11-9-17-13-5-4-10(8-12(11)13)14(18-16)15(20)21-3/h4-5,8-9,17H,6-7,16H2,1-3H3. The van der Waals surface area contributed by atoms with E-state index in [0.717, 1.165) is 23.9 Å². The van der Waals surface area contributed by atoms with Crippen molar-refractivity contribution in [1.82, 2.24) is 9.88 Å². The first kappa shape index (κ1) is 15.1. The number of rotatable bonds is 5. The number of hydrazone groups is 1. The van der Waals surface area contributed by atoms with E-state index < -0.39 is 5.97 Å². The zero-order chi connectivity index (χ0) is 15.4. The molecule has 21 heavy (non-hydrogen) atoms. The Kier molecular flexibility index (Phi) is 4.59. The number of esters is 1. The van der Waals surface area contributed by atoms with Crippen LogP contribution >= 0.6 is 0 Å². The number of carbonyl (C=O) groups excluding carboxylic acids is 1. The first-order valence-electron chi connectivity index (χ1n) is 6.68. The molecule has 0 amide bonds. The molecule has 0 fully saturated rings. The average molecular weight is 288 g/mol. The summed E-state index contributed by atoms with van der Waals surface area (Å²) in [6, 6.07) is 5.63. The number of hydrogen-bond acceptors (Lipinski definition) is 5. The van der Waals surface area contributed by atoms with E-state index in [4.69, 9.17) is 10.6 Å². The SMILES string of the molecule is COC(=O)C(=NN)c1ccc2[nH]cc(CCN(C)C)c2c1. The normalized spacial score (nSPS) is 12.1. The molecule has 2 rings (SSSR count). The van der Waals surface area contributed by atoms with Crippen LogP contribution in [0.5, 0.6) is 0 Å². The van der Waals surface area contributed by atoms with Gasteiger partial charge in [0.25, 0.3) is 0 Å². The molecule has 112 valence electrons. The lowest BCUT2D eigenvalue weighted by Crippen LogP contribution is -2.19. The zero-order valence-electron chi connectivity index (χ0n) is 12.5. The number of nitrogens with two attached hydrogens (primary N) is 1. The van der Waals surface area contributed by atoms with E-state index >= 15 is 0 Å². The molecule has 0 atom stereocenters. The monoisotopic (exact) mass is 288 g/mol. The molecular weight excluding hydrogens is 268 g/mol. The minimum absolute atomic E-state index is 0.124. The van der Waals surface area contributed by atoms with Crippen LogP contribution in [-0.4, -0.2) is 49.3 Å². The quantitative estimate of drug-likeness (QED) is 0.373. The maximum atomic E-state index is 11.7. The molecule has 3 N–H and O–H groups in total. The summed E-state index contributed by atoms with van der Waals surface area (Å²) in [4.78, 5) is 17.0. The van der Waals surface area contributed by atoms with Crippen LogP contribution in [-0.2, 0) is 16.0 Å². The first-order chi connectivity index (χ1) is 10.1. The van der Waals surface area contributed by atoms with E-state index in [-0.39, 0.29) is 5.71 Å². The summed E-state index contributed by atoms with van der Waals surface area (Å²) in [6.45, 7) is 0.950. The van der Waals surface area contributed by atoms with E-state index in [2.05, 4.69) is 15.0 Å². The number of likely N-dealkylation sites (N-methyl/N-ethyl adjacent to an activating group) is 1. The largest absolute Gasteiger partial charge is 0.464 e. The summed E-state index contributed by atoms with van der Waals surface area (Å²) in [6.07, 6.45) is 2.92. The number of nitrogens with one attached hydrogen (secondary N) is 1. The van der Waals surface area contributed by atoms with Crippen molar-refractivity contribution in [3.05, 3.63) is 35.5 Å². The number of fused-ring (bicyclic) bond motifs is 1. The van der Waals surface area contributed by atoms with Crippen molar-refractivity contribution >= 4 is 22.6 Å². The number of benzene rings is 1. The van der Waals surface area contributed by atoms with E-state index in [1.807, 2.05) is 32.4 Å². The maximum absolute atomic E-state index is 11.7. The third-order valence-electron chi connectivity index (χ3n) is 3.38. The molecule has 0 aliphatic rings. The van der Waals surface area contributed by atoms with E-state index in [1.165, 1.54) is 12.7 Å². The fraction of sp³-hybridized carbons (Fsp3) is 0.333. The summed E-state index contributed by atoms with van der Waals surface area (Å²) in [7, 11) is 5.39. The zero-order valence-corrected chi connectivity index (χ0v) is 12.5. The Bertz CT molecular complexity index is 673. The molecule has 1 aromatic carbocycles. The molecular formula is C15H20N4O2. The van der Waals surface area contributed by atoms with Crippen molar-refractivity contribution in [2.45, 2.75) is 6.42 Å². The predicted molar refractivity (Wildman–Crippen MR) is 83.3 cm³/mol. The highest BCUT2D eigenvalue weighted by Gasteiger charge is 2.16. The number of methoxy groups -OCH3 is 1. The van der Waals surface area contributed by atoms with Gasteiger partial charge in [0.15, 0.2) is 5.71 Å². The van der Waals surface area contributed by atoms with Crippen molar-refractivity contribution in [2.75, 3.05) is 27.7 Å². The number of aromatic amines is 1. The van der Waals surface area contributed by atoms with Gasteiger partial charge in [-0.25, -0.2) is 4.79 Å². The smallest absolute Gasteiger partial charge is 0.359 e. The second-order valence-electron chi connectivity index (χ2n) is 5.10. The number of H-pyrrole nitrogens is 1. The molecule has 2 aromatic rings. The number of carbonyl (C=O) groups is 1. The van der Waals surface area contributed by atoms with Crippen molar-refractivity contribution in [3.8, 4) is 0 Å². The summed E-state index contributed by atoms with van der Waals surface area (Å²) in [5, 5.41) is 4.62. The van der Waals surface area contributed by atoms with E-state index in [9.17, 15) is 4.79 Å². The van der Waals surface area contributed by atoms with Gasteiger partial charge in [0, 0.05) is 29.2 Å². The van der Waals surface area contributed by atoms with Gasteiger partial charge in [-0.1, -0.05) is 6.07 Å². The number of nitrogens with zero attached hydrogens (tertiary/aromatic N) is 2. The van der Waals surface area contributed by atoms with Crippen LogP contribution in [0.1, 0.15) is 11.1 Å². The van der Waals surface area contributed by atoms with Gasteiger partial charge in [-0.15, -0.1) is 0 Å². The topological polar surface area (TPSA) is 83.7 Å². The Labute approximate surface area is 123 Å². The Morgan fingerprint density at radius 3 is 2.81 bits per heavy atom. The second kappa shape index (κ2) is 6.41. The lowest BCUT2D eigenvalue weighted by Gasteiger charge is -2.08. The summed E-state index contributed by atoms with van der Waals surface area (Å²) < 4.78 is 4.70. The number of hydrogen-bond donors (Lipinski definition) is 2. The van der Waals surface area contributed by atoms with E-state index in [1.54, 1.807) is 6.07 Å². The summed E-state index contributed by atoms with van der Waals surface area (Å²) in [5.41, 5.74) is 3.00. The third kappa shape index (κ3) is 3.22. The third-order valence-corrected chi connectivity index (χ3v) is 3.38. The molecule has 0 saturated heterocycles. The van der Waals surface area contributed by atoms with Crippen molar-refractivity contribution < 1.29 is 9.53 Å². The van der Waals surface area contributed by atoms with Gasteiger partial charge >= 0.3 is 5.97 Å². The molecule has 0 aliphatic heterocycles. The molecule has 0 spiro atoms. The van der Waals surface area contributed by atoms with Crippen molar-refractivity contribution in [2.24, 2.45) is 10.9 Å². The van der Waals surface area contributed by atoms with Crippen LogP contribution in [0.25, 0.3) is 10.9 Å². The molecule has 0 aliphatic carbocycles. The van der Waals surface area contributed by atoms with Crippen LogP contribution in [0.4, 0.5) is 0 Å². The molecule has 6 nitrogen and oxygen atoms in total. The summed E-state index contributed by atoms with van der Waals surface area (Å²) in [5.74, 6) is 4.77. The highest BCUT2D eigenvalue weighted by Crippen LogP contribution is 2.21. The molecule has 0 saturated carbocycles. The summed E-state index contributed by atoms with van der Waals surface area (Å²) >= 11 is 0. The van der Waals surface area contributed by atoms with Gasteiger partial charge in [-0.05, 0) is 38.2 Å². The maximum Gasteiger partial charge on any atom is 0.359 e. The molecule has 1 heterocycles. The van der Waals surface area contributed by atoms with Gasteiger partial charge < -0.3 is 20.5 Å². The fourth-order valence-corrected chi connectivity index (χ4v) is 2.22. The van der Waals surface area contributed by atoms with Crippen molar-refractivity contribution in [1.29, 1.82) is 0 Å². The van der Waals surface area contributed by atoms with Gasteiger partial charge in [-0.3, -0.25) is 0 Å². The Hall–Kier alpha value is -2.34. The molecule has 0 radical (unpaired) electrons. The van der Waals surface area contributed by atoms with Crippen LogP contribution in [0.2, 0.25) is 0 Å². The highest BCUT2D eigenvalue weighted by molar-refractivity contribution is 6.43. The Balaban J connectivity index is 2.39. The van der Waals surface area contributed by atoms with Crippen LogP contribution < -0.4 is 5.84 Å². The van der Waals surface area contributed by atoms with E-state index in [0.29, 0.717) is 5.56 Å². The van der Waals surface area contributed by atoms with Gasteiger partial charge in [0.05, 0.1) is 7.11 Å². The van der Waals surface area contributed by atoms with Gasteiger partial charge in [0.1, 0.15) is 0 Å². The van der Waals surface area contributed by atoms with Gasteiger partial charge in [0.2, 0.25) is 0 Å². The lowest BCUT2D eigenvalue weighted by atomic mass is 10.0. The number of ether oxygens (including phenoxy) is 1. The minimum atomic E-state index is -0.540. The molecule has 6 heteroatoms. The Morgan fingerprint density at radius 2 is 2.19 bits per heavy atom. The lowest BCUT2D eigenvalue weighted by molar-refractivity contribution is -0.132. The second-order valence-corrected chi connectivity index (χ2v) is 5.10. The van der Waals surface area contributed by atoms with Crippen LogP contribution in [0, 0.1) is 0 Å². The number of aromatic nitrogens is 1. The molecule has 0 bridgehead atoms. The average Bonchev–Trinajstić information content (AvgIpc) is 2.88. The predicted octanol–water partition coefficient (Wildman–Crippen LogP) is 1.11. The molecule has 0 unspecified atom stereocenters. The molecule has 1 aromatic heterocycles. The first-order valence-corrected chi connectivity index (χ1v) is 6.68. The van der Waals surface area contributed by atoms with Crippen LogP contribution in [0.15, 0.2) is 29.5 Å². The fourth-order valence-electron chi connectivity index (χ4n) is 2.22. The van der Waals surface area contributed by atoms with Crippen molar-refractivity contribution in [3.63, 3.8) is 0 Å². The Morgan fingerprint density at radius 1 is 1.43 bits per heavy atom. The highest BCUT2D eigenvalue weighted by atomic mass is 16.5. The minimum Gasteiger partial charge on any atom is -0.464 e.